The second-order valence-corrected chi connectivity index (χ2v) is 7.76. The maximum Gasteiger partial charge on any atom is 0.268 e. The normalized spacial score (nSPS) is 11.6. The molecule has 0 aliphatic rings. The van der Waals surface area contributed by atoms with Crippen LogP contribution in [-0.2, 0) is 16.6 Å². The van der Waals surface area contributed by atoms with E-state index < -0.39 is 27.5 Å². The number of nitrogens with zero attached hydrogens (tertiary/aromatic N) is 1. The molecular formula is C19H17F3N2O3S. The van der Waals surface area contributed by atoms with Crippen LogP contribution < -0.4 is 10.1 Å². The molecule has 1 N–H and O–H groups in total. The van der Waals surface area contributed by atoms with E-state index in [0.717, 1.165) is 34.3 Å². The lowest BCUT2D eigenvalue weighted by atomic mass is 10.1. The van der Waals surface area contributed by atoms with Gasteiger partial charge in [-0.3, -0.25) is 0 Å². The Hall–Kier alpha value is -2.78. The maximum atomic E-state index is 14.5. The summed E-state index contributed by atoms with van der Waals surface area (Å²) in [6.07, 6.45) is 1.25. The molecule has 0 bridgehead atoms. The summed E-state index contributed by atoms with van der Waals surface area (Å²) in [4.78, 5) is -0.334. The van der Waals surface area contributed by atoms with Crippen LogP contribution in [0.25, 0.3) is 11.3 Å². The minimum absolute atomic E-state index is 0.0684. The smallest absolute Gasteiger partial charge is 0.268 e. The van der Waals surface area contributed by atoms with Gasteiger partial charge in [0.25, 0.3) is 10.0 Å². The Labute approximate surface area is 160 Å². The molecule has 0 atom stereocenters. The lowest BCUT2D eigenvalue weighted by molar-refractivity contribution is 0.411. The lowest BCUT2D eigenvalue weighted by Gasteiger charge is -2.13. The number of hydrogen-bond donors (Lipinski definition) is 1. The Morgan fingerprint density at radius 3 is 2.43 bits per heavy atom. The van der Waals surface area contributed by atoms with Crippen molar-refractivity contribution in [1.82, 2.24) is 9.29 Å². The summed E-state index contributed by atoms with van der Waals surface area (Å²) in [5, 5.41) is 2.86. The largest absolute Gasteiger partial charge is 0.494 e. The molecule has 3 rings (SSSR count). The molecule has 0 spiro atoms. The van der Waals surface area contributed by atoms with Gasteiger partial charge < -0.3 is 10.1 Å². The average molecular weight is 410 g/mol. The second-order valence-electron chi connectivity index (χ2n) is 5.95. The Morgan fingerprint density at radius 1 is 1.07 bits per heavy atom. The van der Waals surface area contributed by atoms with E-state index in [1.165, 1.54) is 25.4 Å². The van der Waals surface area contributed by atoms with Crippen LogP contribution in [-0.4, -0.2) is 26.5 Å². The van der Waals surface area contributed by atoms with Crippen molar-refractivity contribution in [2.75, 3.05) is 14.2 Å². The van der Waals surface area contributed by atoms with Crippen molar-refractivity contribution in [3.63, 3.8) is 0 Å². The maximum absolute atomic E-state index is 14.5. The Balaban J connectivity index is 2.36. The van der Waals surface area contributed by atoms with Crippen molar-refractivity contribution in [1.29, 1.82) is 0 Å². The number of aromatic nitrogens is 1. The van der Waals surface area contributed by atoms with Crippen molar-refractivity contribution in [2.45, 2.75) is 11.4 Å². The molecule has 0 amide bonds. The molecule has 0 radical (unpaired) electrons. The highest BCUT2D eigenvalue weighted by Crippen LogP contribution is 2.39. The first kappa shape index (κ1) is 20.0. The minimum atomic E-state index is -4.32. The quantitative estimate of drug-likeness (QED) is 0.675. The molecule has 1 heterocycles. The zero-order chi connectivity index (χ0) is 20.5. The Kier molecular flexibility index (Phi) is 5.48. The first-order valence-electron chi connectivity index (χ1n) is 8.19. The van der Waals surface area contributed by atoms with E-state index in [2.05, 4.69) is 5.32 Å². The highest BCUT2D eigenvalue weighted by molar-refractivity contribution is 7.90. The van der Waals surface area contributed by atoms with Gasteiger partial charge >= 0.3 is 0 Å². The number of ether oxygens (including phenoxy) is 1. The van der Waals surface area contributed by atoms with E-state index in [0.29, 0.717) is 5.56 Å². The van der Waals surface area contributed by atoms with E-state index in [4.69, 9.17) is 4.74 Å². The van der Waals surface area contributed by atoms with Crippen LogP contribution in [0.4, 0.5) is 13.2 Å². The molecule has 0 fully saturated rings. The van der Waals surface area contributed by atoms with Crippen LogP contribution >= 0.6 is 0 Å². The number of rotatable bonds is 6. The molecule has 148 valence electrons. The molecule has 0 saturated heterocycles. The van der Waals surface area contributed by atoms with E-state index in [9.17, 15) is 21.6 Å². The lowest BCUT2D eigenvalue weighted by Crippen LogP contribution is -2.14. The zero-order valence-corrected chi connectivity index (χ0v) is 15.9. The number of benzene rings is 2. The van der Waals surface area contributed by atoms with Crippen molar-refractivity contribution in [3.8, 4) is 17.0 Å². The first-order chi connectivity index (χ1) is 13.3. The van der Waals surface area contributed by atoms with Gasteiger partial charge in [-0.25, -0.2) is 25.6 Å². The topological polar surface area (TPSA) is 60.3 Å². The predicted octanol–water partition coefficient (Wildman–Crippen LogP) is 3.54. The van der Waals surface area contributed by atoms with Gasteiger partial charge in [-0.2, -0.15) is 0 Å². The molecule has 9 heteroatoms. The van der Waals surface area contributed by atoms with Crippen LogP contribution in [0.1, 0.15) is 5.56 Å². The fourth-order valence-electron chi connectivity index (χ4n) is 2.91. The van der Waals surface area contributed by atoms with Crippen LogP contribution in [0.5, 0.6) is 5.75 Å². The minimum Gasteiger partial charge on any atom is -0.494 e. The van der Waals surface area contributed by atoms with Gasteiger partial charge in [-0.1, -0.05) is 6.07 Å². The number of hydrogen-bond acceptors (Lipinski definition) is 4. The Morgan fingerprint density at radius 2 is 1.79 bits per heavy atom. The molecule has 2 aromatic carbocycles. The SMILES string of the molecule is CNCc1cn(S(=O)(=O)c2cccc(F)c2)c(-c2cc(F)ccc2F)c1OC. The van der Waals surface area contributed by atoms with Crippen molar-refractivity contribution in [3.05, 3.63) is 71.7 Å². The molecule has 0 saturated carbocycles. The van der Waals surface area contributed by atoms with Crippen molar-refractivity contribution >= 4 is 10.0 Å². The fourth-order valence-corrected chi connectivity index (χ4v) is 4.34. The van der Waals surface area contributed by atoms with E-state index >= 15 is 0 Å². The molecular weight excluding hydrogens is 393 g/mol. The third-order valence-corrected chi connectivity index (χ3v) is 5.76. The van der Waals surface area contributed by atoms with Crippen molar-refractivity contribution in [2.24, 2.45) is 0 Å². The summed E-state index contributed by atoms with van der Waals surface area (Å²) in [5.41, 5.74) is -0.0724. The molecule has 0 unspecified atom stereocenters. The molecule has 0 aliphatic carbocycles. The van der Waals surface area contributed by atoms with Gasteiger partial charge in [0.05, 0.1) is 12.0 Å². The van der Waals surface area contributed by atoms with Gasteiger partial charge in [-0.05, 0) is 43.4 Å². The van der Waals surface area contributed by atoms with E-state index in [1.54, 1.807) is 7.05 Å². The van der Waals surface area contributed by atoms with E-state index in [-0.39, 0.29) is 28.4 Å². The van der Waals surface area contributed by atoms with Gasteiger partial charge in [0.2, 0.25) is 0 Å². The fraction of sp³-hybridized carbons (Fsp3) is 0.158. The first-order valence-corrected chi connectivity index (χ1v) is 9.63. The molecule has 5 nitrogen and oxygen atoms in total. The zero-order valence-electron chi connectivity index (χ0n) is 15.0. The summed E-state index contributed by atoms with van der Waals surface area (Å²) in [5.74, 6) is -2.25. The average Bonchev–Trinajstić information content (AvgIpc) is 3.03. The molecule has 0 aliphatic heterocycles. The molecule has 1 aromatic heterocycles. The summed E-state index contributed by atoms with van der Waals surface area (Å²) < 4.78 is 74.3. The second kappa shape index (κ2) is 7.69. The van der Waals surface area contributed by atoms with Gasteiger partial charge in [0.15, 0.2) is 0 Å². The van der Waals surface area contributed by atoms with Gasteiger partial charge in [0, 0.05) is 23.9 Å². The van der Waals surface area contributed by atoms with Crippen molar-refractivity contribution < 1.29 is 26.3 Å². The van der Waals surface area contributed by atoms with Crippen LogP contribution in [0.3, 0.4) is 0 Å². The standard InChI is InChI=1S/C19H17F3N2O3S/c1-23-10-12-11-24(28(25,26)15-5-3-4-13(20)8-15)18(19(12)27-2)16-9-14(21)6-7-17(16)22/h3-9,11,23H,10H2,1-2H3. The third-order valence-electron chi connectivity index (χ3n) is 4.11. The predicted molar refractivity (Wildman–Crippen MR) is 98.1 cm³/mol. The monoisotopic (exact) mass is 410 g/mol. The summed E-state index contributed by atoms with van der Waals surface area (Å²) >= 11 is 0. The summed E-state index contributed by atoms with van der Waals surface area (Å²) in [6.45, 7) is 0.207. The van der Waals surface area contributed by atoms with E-state index in [1.807, 2.05) is 0 Å². The Bertz CT molecular complexity index is 1130. The van der Waals surface area contributed by atoms with Gasteiger partial charge in [0.1, 0.15) is 28.9 Å². The highest BCUT2D eigenvalue weighted by atomic mass is 32.2. The molecule has 3 aromatic rings. The van der Waals surface area contributed by atoms with Crippen LogP contribution in [0.2, 0.25) is 0 Å². The number of methoxy groups -OCH3 is 1. The third kappa shape index (κ3) is 3.50. The highest BCUT2D eigenvalue weighted by Gasteiger charge is 2.29. The summed E-state index contributed by atoms with van der Waals surface area (Å²) in [7, 11) is -1.38. The number of nitrogens with one attached hydrogen (secondary N) is 1. The number of halogens is 3. The summed E-state index contributed by atoms with van der Waals surface area (Å²) in [6, 6.07) is 7.13. The molecule has 28 heavy (non-hydrogen) atoms. The van der Waals surface area contributed by atoms with Crippen LogP contribution in [0, 0.1) is 17.5 Å². The van der Waals surface area contributed by atoms with Crippen LogP contribution in [0.15, 0.2) is 53.6 Å². The van der Waals surface area contributed by atoms with Gasteiger partial charge in [-0.15, -0.1) is 0 Å².